The SMILES string of the molecule is COc1nc(N[C@H]2C[C@](C)(NC(C)=O)C2)nc2[nH]cc(-c3ccc4nccn4c3)c12. The first-order valence-corrected chi connectivity index (χ1v) is 9.86. The Labute approximate surface area is 172 Å². The normalized spacial score (nSPS) is 20.8. The number of nitrogens with zero attached hydrogens (tertiary/aromatic N) is 4. The summed E-state index contributed by atoms with van der Waals surface area (Å²) in [6.07, 6.45) is 9.26. The fourth-order valence-corrected chi connectivity index (χ4v) is 4.36. The monoisotopic (exact) mass is 405 g/mol. The van der Waals surface area contributed by atoms with Crippen LogP contribution < -0.4 is 15.4 Å². The van der Waals surface area contributed by atoms with Gasteiger partial charge < -0.3 is 24.8 Å². The van der Waals surface area contributed by atoms with Crippen LogP contribution in [0.5, 0.6) is 5.88 Å². The molecule has 4 aromatic rings. The molecule has 4 aromatic heterocycles. The second-order valence-electron chi connectivity index (χ2n) is 8.08. The molecule has 1 aliphatic carbocycles. The summed E-state index contributed by atoms with van der Waals surface area (Å²) in [6.45, 7) is 3.59. The van der Waals surface area contributed by atoms with E-state index >= 15 is 0 Å². The summed E-state index contributed by atoms with van der Waals surface area (Å²) in [7, 11) is 1.61. The number of carbonyl (C=O) groups is 1. The average molecular weight is 405 g/mol. The van der Waals surface area contributed by atoms with Gasteiger partial charge in [0, 0.05) is 54.4 Å². The highest BCUT2D eigenvalue weighted by molar-refractivity contribution is 5.97. The average Bonchev–Trinajstić information content (AvgIpc) is 3.31. The predicted molar refractivity (Wildman–Crippen MR) is 113 cm³/mol. The van der Waals surface area contributed by atoms with Crippen LogP contribution in [0, 0.1) is 0 Å². The number of H-pyrrole nitrogens is 1. The Balaban J connectivity index is 1.44. The largest absolute Gasteiger partial charge is 0.480 e. The molecule has 3 N–H and O–H groups in total. The van der Waals surface area contributed by atoms with Crippen LogP contribution >= 0.6 is 0 Å². The van der Waals surface area contributed by atoms with E-state index in [0.29, 0.717) is 17.5 Å². The first-order chi connectivity index (χ1) is 14.4. The molecule has 0 aromatic carbocycles. The van der Waals surface area contributed by atoms with E-state index in [2.05, 4.69) is 30.6 Å². The van der Waals surface area contributed by atoms with Crippen LogP contribution in [0.1, 0.15) is 26.7 Å². The van der Waals surface area contributed by atoms with Crippen molar-refractivity contribution in [3.63, 3.8) is 0 Å². The quantitative estimate of drug-likeness (QED) is 0.471. The van der Waals surface area contributed by atoms with Gasteiger partial charge in [-0.1, -0.05) is 0 Å². The van der Waals surface area contributed by atoms with E-state index in [0.717, 1.165) is 35.0 Å². The summed E-state index contributed by atoms with van der Waals surface area (Å²) in [5, 5.41) is 7.19. The molecule has 0 unspecified atom stereocenters. The molecule has 1 fully saturated rings. The second kappa shape index (κ2) is 6.72. The zero-order chi connectivity index (χ0) is 20.9. The van der Waals surface area contributed by atoms with E-state index in [1.807, 2.05) is 42.0 Å². The van der Waals surface area contributed by atoms with E-state index in [9.17, 15) is 4.79 Å². The van der Waals surface area contributed by atoms with E-state index in [4.69, 9.17) is 4.74 Å². The van der Waals surface area contributed by atoms with Gasteiger partial charge in [-0.05, 0) is 31.9 Å². The van der Waals surface area contributed by atoms with Gasteiger partial charge >= 0.3 is 0 Å². The van der Waals surface area contributed by atoms with Gasteiger partial charge in [-0.2, -0.15) is 9.97 Å². The molecule has 0 aliphatic heterocycles. The van der Waals surface area contributed by atoms with Gasteiger partial charge in [0.25, 0.3) is 0 Å². The van der Waals surface area contributed by atoms with Crippen LogP contribution in [-0.4, -0.2) is 48.9 Å². The highest BCUT2D eigenvalue weighted by Crippen LogP contribution is 2.36. The van der Waals surface area contributed by atoms with Crippen molar-refractivity contribution in [2.75, 3.05) is 12.4 Å². The van der Waals surface area contributed by atoms with Crippen molar-refractivity contribution in [2.24, 2.45) is 0 Å². The summed E-state index contributed by atoms with van der Waals surface area (Å²) in [6, 6.07) is 4.19. The highest BCUT2D eigenvalue weighted by atomic mass is 16.5. The number of nitrogens with one attached hydrogen (secondary N) is 3. The number of anilines is 1. The lowest BCUT2D eigenvalue weighted by atomic mass is 9.74. The first-order valence-electron chi connectivity index (χ1n) is 9.86. The topological polar surface area (TPSA) is 109 Å². The van der Waals surface area contributed by atoms with Gasteiger partial charge in [0.05, 0.1) is 12.5 Å². The van der Waals surface area contributed by atoms with Gasteiger partial charge in [-0.15, -0.1) is 0 Å². The number of ether oxygens (including phenoxy) is 1. The number of hydrogen-bond donors (Lipinski definition) is 3. The standard InChI is InChI=1S/C21H23N7O2/c1-12(29)27-21(2)8-14(9-21)24-20-25-18-17(19(26-20)30-3)15(10-23-18)13-4-5-16-22-6-7-28(16)11-13/h4-7,10-11,14H,8-9H2,1-3H3,(H,27,29)(H2,23,24,25,26)/t14-,21-. The molecule has 9 nitrogen and oxygen atoms in total. The number of methoxy groups -OCH3 is 1. The molecule has 0 spiro atoms. The summed E-state index contributed by atoms with van der Waals surface area (Å²) >= 11 is 0. The van der Waals surface area contributed by atoms with Gasteiger partial charge in [-0.3, -0.25) is 4.79 Å². The molecule has 5 rings (SSSR count). The second-order valence-corrected chi connectivity index (χ2v) is 8.08. The minimum atomic E-state index is -0.177. The summed E-state index contributed by atoms with van der Waals surface area (Å²) in [5.41, 5.74) is 3.39. The number of aromatic nitrogens is 5. The maximum Gasteiger partial charge on any atom is 0.228 e. The smallest absolute Gasteiger partial charge is 0.228 e. The van der Waals surface area contributed by atoms with E-state index in [-0.39, 0.29) is 17.5 Å². The van der Waals surface area contributed by atoms with Crippen LogP contribution in [0.25, 0.3) is 27.8 Å². The first kappa shape index (κ1) is 18.4. The Morgan fingerprint density at radius 2 is 2.17 bits per heavy atom. The van der Waals surface area contributed by atoms with Gasteiger partial charge in [-0.25, -0.2) is 4.98 Å². The highest BCUT2D eigenvalue weighted by Gasteiger charge is 2.41. The predicted octanol–water partition coefficient (Wildman–Crippen LogP) is 2.75. The van der Waals surface area contributed by atoms with Crippen molar-refractivity contribution >= 4 is 28.5 Å². The van der Waals surface area contributed by atoms with E-state index in [1.165, 1.54) is 0 Å². The third kappa shape index (κ3) is 3.12. The van der Waals surface area contributed by atoms with Crippen LogP contribution in [-0.2, 0) is 4.79 Å². The maximum atomic E-state index is 11.3. The fourth-order valence-electron chi connectivity index (χ4n) is 4.36. The molecule has 0 saturated heterocycles. The zero-order valence-corrected chi connectivity index (χ0v) is 17.1. The van der Waals surface area contributed by atoms with E-state index < -0.39 is 0 Å². The third-order valence-electron chi connectivity index (χ3n) is 5.60. The van der Waals surface area contributed by atoms with Gasteiger partial charge in [0.2, 0.25) is 17.7 Å². The molecule has 4 heterocycles. The van der Waals surface area contributed by atoms with Crippen molar-refractivity contribution < 1.29 is 9.53 Å². The molecule has 0 bridgehead atoms. The molecule has 1 saturated carbocycles. The number of rotatable bonds is 5. The Kier molecular flexibility index (Phi) is 4.12. The number of hydrogen-bond acceptors (Lipinski definition) is 6. The zero-order valence-electron chi connectivity index (χ0n) is 17.1. The molecular weight excluding hydrogens is 382 g/mol. The fraction of sp³-hybridized carbons (Fsp3) is 0.333. The van der Waals surface area contributed by atoms with Crippen LogP contribution in [0.15, 0.2) is 36.9 Å². The van der Waals surface area contributed by atoms with Crippen LogP contribution in [0.4, 0.5) is 5.95 Å². The molecule has 154 valence electrons. The number of amides is 1. The Morgan fingerprint density at radius 3 is 2.93 bits per heavy atom. The number of carbonyl (C=O) groups excluding carboxylic acids is 1. The third-order valence-corrected chi connectivity index (χ3v) is 5.60. The summed E-state index contributed by atoms with van der Waals surface area (Å²) in [4.78, 5) is 28.1. The van der Waals surface area contributed by atoms with Crippen molar-refractivity contribution in [3.05, 3.63) is 36.9 Å². The molecular formula is C21H23N7O2. The number of fused-ring (bicyclic) bond motifs is 2. The minimum absolute atomic E-state index is 0.0110. The van der Waals surface area contributed by atoms with Crippen LogP contribution in [0.2, 0.25) is 0 Å². The minimum Gasteiger partial charge on any atom is -0.480 e. The van der Waals surface area contributed by atoms with Crippen molar-refractivity contribution in [1.82, 2.24) is 29.7 Å². The van der Waals surface area contributed by atoms with E-state index in [1.54, 1.807) is 20.2 Å². The Hall–Kier alpha value is -3.62. The molecule has 0 atom stereocenters. The Morgan fingerprint density at radius 1 is 1.33 bits per heavy atom. The molecule has 1 aliphatic rings. The lowest BCUT2D eigenvalue weighted by Gasteiger charge is -2.45. The van der Waals surface area contributed by atoms with Gasteiger partial charge in [0.15, 0.2) is 0 Å². The summed E-state index contributed by atoms with van der Waals surface area (Å²) < 4.78 is 7.57. The summed E-state index contributed by atoms with van der Waals surface area (Å²) in [5.74, 6) is 1.00. The molecule has 1 amide bonds. The van der Waals surface area contributed by atoms with Gasteiger partial charge in [0.1, 0.15) is 11.3 Å². The van der Waals surface area contributed by atoms with Crippen LogP contribution in [0.3, 0.4) is 0 Å². The number of aromatic amines is 1. The maximum absolute atomic E-state index is 11.3. The molecule has 9 heteroatoms. The molecule has 0 radical (unpaired) electrons. The lowest BCUT2D eigenvalue weighted by molar-refractivity contribution is -0.121. The Bertz CT molecular complexity index is 1250. The van der Waals surface area contributed by atoms with Crippen molar-refractivity contribution in [1.29, 1.82) is 0 Å². The van der Waals surface area contributed by atoms with Crippen molar-refractivity contribution in [3.8, 4) is 17.0 Å². The lowest BCUT2D eigenvalue weighted by Crippen LogP contribution is -2.59. The molecule has 30 heavy (non-hydrogen) atoms. The number of pyridine rings is 1. The van der Waals surface area contributed by atoms with Crippen molar-refractivity contribution in [2.45, 2.75) is 38.3 Å². The number of imidazole rings is 1.